The molecule has 1 aromatic heterocycles. The van der Waals surface area contributed by atoms with Crippen LogP contribution in [-0.4, -0.2) is 23.9 Å². The highest BCUT2D eigenvalue weighted by Crippen LogP contribution is 2.21. The Morgan fingerprint density at radius 2 is 2.35 bits per heavy atom. The third-order valence-corrected chi connectivity index (χ3v) is 4.02. The van der Waals surface area contributed by atoms with Crippen LogP contribution in [0, 0.1) is 11.3 Å². The van der Waals surface area contributed by atoms with Crippen LogP contribution in [0.5, 0.6) is 0 Å². The molecule has 20 heavy (non-hydrogen) atoms. The van der Waals surface area contributed by atoms with Gasteiger partial charge in [-0.15, -0.1) is 0 Å². The second-order valence-corrected chi connectivity index (χ2v) is 5.36. The summed E-state index contributed by atoms with van der Waals surface area (Å²) >= 11 is 0. The zero-order chi connectivity index (χ0) is 13.9. The normalized spacial score (nSPS) is 20.9. The summed E-state index contributed by atoms with van der Waals surface area (Å²) in [6, 6.07) is 3.72. The molecule has 0 bridgehead atoms. The van der Waals surface area contributed by atoms with E-state index in [1.54, 1.807) is 10.6 Å². The van der Waals surface area contributed by atoms with E-state index in [1.807, 2.05) is 6.07 Å². The largest absolute Gasteiger partial charge is 0.376 e. The highest BCUT2D eigenvalue weighted by Gasteiger charge is 2.20. The minimum absolute atomic E-state index is 0.151. The van der Waals surface area contributed by atoms with Crippen LogP contribution < -0.4 is 5.56 Å². The number of nitrogens with zero attached hydrogens (tertiary/aromatic N) is 2. The van der Waals surface area contributed by atoms with Crippen LogP contribution in [0.3, 0.4) is 0 Å². The first-order valence-corrected chi connectivity index (χ1v) is 7.14. The molecule has 5 nitrogen and oxygen atoms in total. The van der Waals surface area contributed by atoms with Gasteiger partial charge in [-0.05, 0) is 43.7 Å². The van der Waals surface area contributed by atoms with Gasteiger partial charge in [-0.1, -0.05) is 0 Å². The molecule has 1 aliphatic heterocycles. The predicted molar refractivity (Wildman–Crippen MR) is 72.4 cm³/mol. The Balaban J connectivity index is 1.76. The Morgan fingerprint density at radius 3 is 3.10 bits per heavy atom. The van der Waals surface area contributed by atoms with Crippen LogP contribution in [0.1, 0.15) is 36.1 Å². The van der Waals surface area contributed by atoms with Gasteiger partial charge in [0.15, 0.2) is 0 Å². The van der Waals surface area contributed by atoms with Crippen molar-refractivity contribution >= 4 is 0 Å². The molecule has 1 aliphatic carbocycles. The molecule has 1 saturated heterocycles. The van der Waals surface area contributed by atoms with Gasteiger partial charge < -0.3 is 9.47 Å². The number of aryl methyl sites for hydroxylation is 1. The van der Waals surface area contributed by atoms with Crippen molar-refractivity contribution in [2.75, 3.05) is 13.2 Å². The number of aromatic nitrogens is 1. The number of hydrogen-bond donors (Lipinski definition) is 0. The minimum Gasteiger partial charge on any atom is -0.376 e. The van der Waals surface area contributed by atoms with E-state index in [0.717, 1.165) is 50.0 Å². The van der Waals surface area contributed by atoms with Crippen LogP contribution in [-0.2, 0) is 29.0 Å². The lowest BCUT2D eigenvalue weighted by molar-refractivity contribution is -0.00984. The van der Waals surface area contributed by atoms with Gasteiger partial charge in [-0.2, -0.15) is 5.26 Å². The number of nitriles is 1. The molecule has 0 aromatic carbocycles. The fourth-order valence-electron chi connectivity index (χ4n) is 2.99. The summed E-state index contributed by atoms with van der Waals surface area (Å²) in [4.78, 5) is 12.2. The maximum absolute atomic E-state index is 12.2. The quantitative estimate of drug-likeness (QED) is 0.831. The maximum Gasteiger partial charge on any atom is 0.270 e. The first kappa shape index (κ1) is 13.3. The Bertz CT molecular complexity index is 594. The standard InChI is InChI=1S/C15H18N2O3/c16-8-12-7-11-3-1-5-14(11)17(15(12)18)10-19-9-13-4-2-6-20-13/h7,13H,1-6,9-10H2. The molecule has 0 radical (unpaired) electrons. The maximum atomic E-state index is 12.2. The second-order valence-electron chi connectivity index (χ2n) is 5.36. The van der Waals surface area contributed by atoms with Crippen molar-refractivity contribution in [2.24, 2.45) is 0 Å². The summed E-state index contributed by atoms with van der Waals surface area (Å²) in [6.45, 7) is 1.53. The Hall–Kier alpha value is -1.64. The smallest absolute Gasteiger partial charge is 0.270 e. The molecule has 3 rings (SSSR count). The molecule has 106 valence electrons. The first-order chi connectivity index (χ1) is 9.79. The van der Waals surface area contributed by atoms with Gasteiger partial charge in [-0.3, -0.25) is 9.36 Å². The molecule has 1 fully saturated rings. The third-order valence-electron chi connectivity index (χ3n) is 4.02. The molecule has 0 N–H and O–H groups in total. The highest BCUT2D eigenvalue weighted by atomic mass is 16.5. The lowest BCUT2D eigenvalue weighted by Crippen LogP contribution is -2.28. The van der Waals surface area contributed by atoms with Gasteiger partial charge in [0.1, 0.15) is 18.4 Å². The van der Waals surface area contributed by atoms with Crippen LogP contribution in [0.15, 0.2) is 10.9 Å². The molecule has 1 unspecified atom stereocenters. The minimum atomic E-state index is -0.236. The van der Waals surface area contributed by atoms with Gasteiger partial charge in [0.05, 0.1) is 12.7 Å². The molecular formula is C15H18N2O3. The van der Waals surface area contributed by atoms with Gasteiger partial charge in [0, 0.05) is 12.3 Å². The molecule has 1 aromatic rings. The average molecular weight is 274 g/mol. The van der Waals surface area contributed by atoms with Gasteiger partial charge >= 0.3 is 0 Å². The van der Waals surface area contributed by atoms with E-state index in [9.17, 15) is 4.79 Å². The Labute approximate surface area is 117 Å². The topological polar surface area (TPSA) is 64.2 Å². The van der Waals surface area contributed by atoms with E-state index in [2.05, 4.69) is 0 Å². The van der Waals surface area contributed by atoms with Crippen LogP contribution in [0.4, 0.5) is 0 Å². The van der Waals surface area contributed by atoms with E-state index in [0.29, 0.717) is 6.61 Å². The van der Waals surface area contributed by atoms with Crippen LogP contribution >= 0.6 is 0 Å². The van der Waals surface area contributed by atoms with E-state index < -0.39 is 0 Å². The Kier molecular flexibility index (Phi) is 3.86. The monoisotopic (exact) mass is 274 g/mol. The van der Waals surface area contributed by atoms with Gasteiger partial charge in [0.2, 0.25) is 0 Å². The zero-order valence-electron chi connectivity index (χ0n) is 11.4. The van der Waals surface area contributed by atoms with Gasteiger partial charge in [0.25, 0.3) is 5.56 Å². The molecule has 1 atom stereocenters. The molecular weight excluding hydrogens is 256 g/mol. The SMILES string of the molecule is N#Cc1cc2c(n(COCC3CCCO3)c1=O)CCC2. The molecule has 0 amide bonds. The fraction of sp³-hybridized carbons (Fsp3) is 0.600. The molecule has 0 saturated carbocycles. The van der Waals surface area contributed by atoms with Crippen molar-refractivity contribution in [2.45, 2.75) is 44.9 Å². The van der Waals surface area contributed by atoms with E-state index >= 15 is 0 Å². The molecule has 2 heterocycles. The number of hydrogen-bond acceptors (Lipinski definition) is 4. The van der Waals surface area contributed by atoms with Gasteiger partial charge in [-0.25, -0.2) is 0 Å². The van der Waals surface area contributed by atoms with Crippen molar-refractivity contribution in [1.29, 1.82) is 5.26 Å². The van der Waals surface area contributed by atoms with Crippen molar-refractivity contribution in [3.05, 3.63) is 33.2 Å². The Morgan fingerprint density at radius 1 is 1.45 bits per heavy atom. The summed E-state index contributed by atoms with van der Waals surface area (Å²) in [6.07, 6.45) is 5.11. The molecule has 5 heteroatoms. The van der Waals surface area contributed by atoms with Crippen molar-refractivity contribution < 1.29 is 9.47 Å². The summed E-state index contributed by atoms with van der Waals surface area (Å²) in [5.74, 6) is 0. The molecule has 0 spiro atoms. The highest BCUT2D eigenvalue weighted by molar-refractivity contribution is 5.36. The van der Waals surface area contributed by atoms with Crippen LogP contribution in [0.25, 0.3) is 0 Å². The van der Waals surface area contributed by atoms with E-state index in [4.69, 9.17) is 14.7 Å². The van der Waals surface area contributed by atoms with E-state index in [1.165, 1.54) is 0 Å². The second kappa shape index (κ2) is 5.78. The zero-order valence-corrected chi connectivity index (χ0v) is 11.4. The van der Waals surface area contributed by atoms with Crippen molar-refractivity contribution in [3.63, 3.8) is 0 Å². The lowest BCUT2D eigenvalue weighted by atomic mass is 10.1. The number of rotatable bonds is 4. The third kappa shape index (κ3) is 2.49. The lowest BCUT2D eigenvalue weighted by Gasteiger charge is -2.15. The van der Waals surface area contributed by atoms with Crippen molar-refractivity contribution in [1.82, 2.24) is 4.57 Å². The average Bonchev–Trinajstić information content (AvgIpc) is 3.11. The summed E-state index contributed by atoms with van der Waals surface area (Å²) < 4.78 is 12.8. The first-order valence-electron chi connectivity index (χ1n) is 7.14. The van der Waals surface area contributed by atoms with Crippen LogP contribution in [0.2, 0.25) is 0 Å². The summed E-state index contributed by atoms with van der Waals surface area (Å²) in [7, 11) is 0. The summed E-state index contributed by atoms with van der Waals surface area (Å²) in [5.41, 5.74) is 2.12. The number of ether oxygens (including phenoxy) is 2. The van der Waals surface area contributed by atoms with E-state index in [-0.39, 0.29) is 24.0 Å². The predicted octanol–water partition coefficient (Wildman–Crippen LogP) is 1.36. The summed E-state index contributed by atoms with van der Waals surface area (Å²) in [5, 5.41) is 9.05. The number of pyridine rings is 1. The number of fused-ring (bicyclic) bond motifs is 1. The fourth-order valence-corrected chi connectivity index (χ4v) is 2.99. The molecule has 2 aliphatic rings. The van der Waals surface area contributed by atoms with Crippen molar-refractivity contribution in [3.8, 4) is 6.07 Å².